The lowest BCUT2D eigenvalue weighted by Crippen LogP contribution is -2.33. The topological polar surface area (TPSA) is 61.5 Å². The third-order valence-corrected chi connectivity index (χ3v) is 2.82. The van der Waals surface area contributed by atoms with Crippen LogP contribution in [0.25, 0.3) is 0 Å². The largest absolute Gasteiger partial charge is 0.493 e. The summed E-state index contributed by atoms with van der Waals surface area (Å²) in [7, 11) is 0. The second-order valence-electron chi connectivity index (χ2n) is 4.69. The molecule has 1 aromatic carbocycles. The third-order valence-electron chi connectivity index (χ3n) is 2.82. The number of esters is 1. The molecule has 106 valence electrons. The van der Waals surface area contributed by atoms with Crippen LogP contribution in [0.4, 0.5) is 0 Å². The molecule has 0 spiro atoms. The number of benzene rings is 1. The number of carbonyl (C=O) groups is 1. The summed E-state index contributed by atoms with van der Waals surface area (Å²) in [6.07, 6.45) is 0.450. The number of hydrogen-bond acceptors (Lipinski definition) is 4. The van der Waals surface area contributed by atoms with Gasteiger partial charge in [0.2, 0.25) is 0 Å². The van der Waals surface area contributed by atoms with Crippen LogP contribution in [0.1, 0.15) is 38.7 Å². The fourth-order valence-electron chi connectivity index (χ4n) is 1.75. The summed E-state index contributed by atoms with van der Waals surface area (Å²) in [6, 6.07) is 7.29. The van der Waals surface area contributed by atoms with E-state index in [1.165, 1.54) is 0 Å². The van der Waals surface area contributed by atoms with Crippen molar-refractivity contribution in [1.82, 2.24) is 0 Å². The monoisotopic (exact) mass is 265 g/mol. The summed E-state index contributed by atoms with van der Waals surface area (Å²) >= 11 is 0. The summed E-state index contributed by atoms with van der Waals surface area (Å²) in [6.45, 7) is 6.76. The summed E-state index contributed by atoms with van der Waals surface area (Å²) in [4.78, 5) is 11.4. The van der Waals surface area contributed by atoms with Gasteiger partial charge < -0.3 is 15.2 Å². The molecule has 1 unspecified atom stereocenters. The Morgan fingerprint density at radius 2 is 2.00 bits per heavy atom. The Balaban J connectivity index is 2.47. The summed E-state index contributed by atoms with van der Waals surface area (Å²) in [5.74, 6) is 0.881. The van der Waals surface area contributed by atoms with Crippen molar-refractivity contribution in [3.8, 4) is 5.75 Å². The van der Waals surface area contributed by atoms with Crippen LogP contribution in [0.2, 0.25) is 0 Å². The molecule has 0 aliphatic rings. The van der Waals surface area contributed by atoms with Crippen molar-refractivity contribution in [2.24, 2.45) is 5.73 Å². The van der Waals surface area contributed by atoms with Crippen molar-refractivity contribution >= 4 is 5.97 Å². The van der Waals surface area contributed by atoms with E-state index in [0.717, 1.165) is 11.3 Å². The Morgan fingerprint density at radius 3 is 2.63 bits per heavy atom. The van der Waals surface area contributed by atoms with Crippen molar-refractivity contribution in [3.05, 3.63) is 29.8 Å². The van der Waals surface area contributed by atoms with Crippen LogP contribution in [0.5, 0.6) is 5.75 Å². The molecule has 0 bridgehead atoms. The molecule has 0 heterocycles. The molecule has 1 atom stereocenters. The zero-order valence-corrected chi connectivity index (χ0v) is 11.9. The minimum atomic E-state index is -0.619. The molecule has 2 N–H and O–H groups in total. The number of para-hydroxylation sites is 1. The van der Waals surface area contributed by atoms with Crippen molar-refractivity contribution in [3.63, 3.8) is 0 Å². The molecule has 0 aromatic heterocycles. The molecule has 0 radical (unpaired) electrons. The second-order valence-corrected chi connectivity index (χ2v) is 4.69. The third kappa shape index (κ3) is 4.91. The van der Waals surface area contributed by atoms with E-state index in [9.17, 15) is 4.79 Å². The van der Waals surface area contributed by atoms with Gasteiger partial charge in [0.25, 0.3) is 0 Å². The summed E-state index contributed by atoms with van der Waals surface area (Å²) in [5, 5.41) is 0. The van der Waals surface area contributed by atoms with Gasteiger partial charge in [0, 0.05) is 6.42 Å². The van der Waals surface area contributed by atoms with Crippen LogP contribution < -0.4 is 10.5 Å². The molecule has 4 heteroatoms. The predicted octanol–water partition coefficient (Wildman–Crippen LogP) is 2.47. The fraction of sp³-hybridized carbons (Fsp3) is 0.533. The van der Waals surface area contributed by atoms with Crippen LogP contribution in [0.15, 0.2) is 24.3 Å². The molecular formula is C15H23NO3. The average Bonchev–Trinajstić information content (AvgIpc) is 2.39. The fourth-order valence-corrected chi connectivity index (χ4v) is 1.75. The molecule has 1 aromatic rings. The standard InChI is InChI=1S/C15H23NO3/c1-4-18-15(17)13(16)9-10-19-14-8-6-5-7-12(14)11(2)3/h5-8,11,13H,4,9-10,16H2,1-3H3. The zero-order valence-electron chi connectivity index (χ0n) is 11.9. The number of rotatable bonds is 7. The summed E-state index contributed by atoms with van der Waals surface area (Å²) in [5.41, 5.74) is 6.87. The quantitative estimate of drug-likeness (QED) is 0.769. The van der Waals surface area contributed by atoms with E-state index in [1.807, 2.05) is 24.3 Å². The lowest BCUT2D eigenvalue weighted by atomic mass is 10.0. The van der Waals surface area contributed by atoms with Gasteiger partial charge in [-0.05, 0) is 24.5 Å². The van der Waals surface area contributed by atoms with E-state index in [2.05, 4.69) is 13.8 Å². The molecule has 19 heavy (non-hydrogen) atoms. The molecule has 0 saturated heterocycles. The van der Waals surface area contributed by atoms with Gasteiger partial charge in [-0.2, -0.15) is 0 Å². The molecule has 1 rings (SSSR count). The first-order chi connectivity index (χ1) is 9.06. The highest BCUT2D eigenvalue weighted by Gasteiger charge is 2.15. The smallest absolute Gasteiger partial charge is 0.323 e. The van der Waals surface area contributed by atoms with Crippen LogP contribution in [0, 0.1) is 0 Å². The van der Waals surface area contributed by atoms with Gasteiger partial charge in [0.1, 0.15) is 11.8 Å². The maximum atomic E-state index is 11.4. The van der Waals surface area contributed by atoms with Crippen LogP contribution in [-0.4, -0.2) is 25.2 Å². The first-order valence-corrected chi connectivity index (χ1v) is 6.70. The van der Waals surface area contributed by atoms with Crippen molar-refractivity contribution in [2.45, 2.75) is 39.2 Å². The Hall–Kier alpha value is -1.55. The Kier molecular flexibility index (Phi) is 6.36. The second kappa shape index (κ2) is 7.79. The zero-order chi connectivity index (χ0) is 14.3. The normalized spacial score (nSPS) is 12.3. The first-order valence-electron chi connectivity index (χ1n) is 6.70. The molecule has 0 amide bonds. The Labute approximate surface area is 114 Å². The molecule has 0 saturated carbocycles. The first kappa shape index (κ1) is 15.5. The SMILES string of the molecule is CCOC(=O)C(N)CCOc1ccccc1C(C)C. The van der Waals surface area contributed by atoms with Gasteiger partial charge in [0.15, 0.2) is 0 Å². The molecular weight excluding hydrogens is 242 g/mol. The van der Waals surface area contributed by atoms with Crippen molar-refractivity contribution in [2.75, 3.05) is 13.2 Å². The van der Waals surface area contributed by atoms with Gasteiger partial charge in [0.05, 0.1) is 13.2 Å². The van der Waals surface area contributed by atoms with E-state index < -0.39 is 6.04 Å². The number of ether oxygens (including phenoxy) is 2. The van der Waals surface area contributed by atoms with Gasteiger partial charge in [-0.15, -0.1) is 0 Å². The van der Waals surface area contributed by atoms with Gasteiger partial charge in [-0.25, -0.2) is 0 Å². The summed E-state index contributed by atoms with van der Waals surface area (Å²) < 4.78 is 10.6. The molecule has 0 aliphatic carbocycles. The van der Waals surface area contributed by atoms with Crippen LogP contribution >= 0.6 is 0 Å². The highest BCUT2D eigenvalue weighted by molar-refractivity contribution is 5.75. The number of nitrogens with two attached hydrogens (primary N) is 1. The number of hydrogen-bond donors (Lipinski definition) is 1. The van der Waals surface area contributed by atoms with Crippen LogP contribution in [-0.2, 0) is 9.53 Å². The highest BCUT2D eigenvalue weighted by atomic mass is 16.5. The lowest BCUT2D eigenvalue weighted by molar-refractivity contribution is -0.145. The van der Waals surface area contributed by atoms with Crippen LogP contribution in [0.3, 0.4) is 0 Å². The molecule has 0 fully saturated rings. The average molecular weight is 265 g/mol. The van der Waals surface area contributed by atoms with E-state index in [4.69, 9.17) is 15.2 Å². The maximum absolute atomic E-state index is 11.4. The molecule has 4 nitrogen and oxygen atoms in total. The van der Waals surface area contributed by atoms with Crippen molar-refractivity contribution in [1.29, 1.82) is 0 Å². The lowest BCUT2D eigenvalue weighted by Gasteiger charge is -2.15. The minimum Gasteiger partial charge on any atom is -0.493 e. The Morgan fingerprint density at radius 1 is 1.32 bits per heavy atom. The number of carbonyl (C=O) groups excluding carboxylic acids is 1. The highest BCUT2D eigenvalue weighted by Crippen LogP contribution is 2.25. The van der Waals surface area contributed by atoms with E-state index >= 15 is 0 Å². The molecule has 0 aliphatic heterocycles. The van der Waals surface area contributed by atoms with E-state index in [0.29, 0.717) is 25.6 Å². The van der Waals surface area contributed by atoms with Crippen molar-refractivity contribution < 1.29 is 14.3 Å². The van der Waals surface area contributed by atoms with E-state index in [1.54, 1.807) is 6.92 Å². The van der Waals surface area contributed by atoms with Gasteiger partial charge in [-0.3, -0.25) is 4.79 Å². The van der Waals surface area contributed by atoms with E-state index in [-0.39, 0.29) is 5.97 Å². The minimum absolute atomic E-state index is 0.351. The predicted molar refractivity (Wildman–Crippen MR) is 75.3 cm³/mol. The van der Waals surface area contributed by atoms with Gasteiger partial charge >= 0.3 is 5.97 Å². The Bertz CT molecular complexity index is 404. The maximum Gasteiger partial charge on any atom is 0.323 e. The van der Waals surface area contributed by atoms with Gasteiger partial charge in [-0.1, -0.05) is 32.0 Å².